The molecule has 3 aliphatic rings. The first kappa shape index (κ1) is 21.0. The molecule has 0 unspecified atom stereocenters. The first-order valence-corrected chi connectivity index (χ1v) is 11.3. The van der Waals surface area contributed by atoms with E-state index in [1.54, 1.807) is 4.90 Å². The summed E-state index contributed by atoms with van der Waals surface area (Å²) in [4.78, 5) is 34.5. The molecule has 172 valence electrons. The lowest BCUT2D eigenvalue weighted by Gasteiger charge is -2.37. The van der Waals surface area contributed by atoms with Crippen molar-refractivity contribution in [2.24, 2.45) is 0 Å². The zero-order valence-electron chi connectivity index (χ0n) is 19.0. The summed E-state index contributed by atoms with van der Waals surface area (Å²) in [6, 6.07) is 0. The summed E-state index contributed by atoms with van der Waals surface area (Å²) < 4.78 is 14.5. The Morgan fingerprint density at radius 3 is 2.59 bits per heavy atom. The minimum Gasteiger partial charge on any atom is -0.444 e. The molecular weight excluding hydrogens is 412 g/mol. The first-order chi connectivity index (χ1) is 15.3. The van der Waals surface area contributed by atoms with Gasteiger partial charge in [-0.3, -0.25) is 4.79 Å². The molecule has 32 heavy (non-hydrogen) atoms. The fraction of sp³-hybridized carbons (Fsp3) is 0.636. The third kappa shape index (κ3) is 3.76. The average Bonchev–Trinajstić information content (AvgIpc) is 3.41. The Bertz CT molecular complexity index is 1130. The van der Waals surface area contributed by atoms with Gasteiger partial charge in [-0.15, -0.1) is 5.10 Å². The van der Waals surface area contributed by atoms with Gasteiger partial charge in [0.2, 0.25) is 5.78 Å². The van der Waals surface area contributed by atoms with E-state index in [0.717, 1.165) is 37.1 Å². The van der Waals surface area contributed by atoms with Crippen LogP contribution in [0.4, 0.5) is 10.5 Å². The summed E-state index contributed by atoms with van der Waals surface area (Å²) in [6.45, 7) is 9.80. The van der Waals surface area contributed by atoms with E-state index in [9.17, 15) is 9.59 Å². The molecule has 0 radical (unpaired) electrons. The molecule has 3 aliphatic heterocycles. The van der Waals surface area contributed by atoms with E-state index in [0.29, 0.717) is 56.7 Å². The molecule has 0 aromatic carbocycles. The van der Waals surface area contributed by atoms with Gasteiger partial charge in [0.05, 0.1) is 18.9 Å². The third-order valence-electron chi connectivity index (χ3n) is 6.12. The molecule has 10 nitrogen and oxygen atoms in total. The molecule has 2 aromatic rings. The van der Waals surface area contributed by atoms with Crippen LogP contribution in [0.5, 0.6) is 0 Å². The fourth-order valence-corrected chi connectivity index (χ4v) is 4.60. The summed E-state index contributed by atoms with van der Waals surface area (Å²) in [5.74, 6) is 1.22. The van der Waals surface area contributed by atoms with Crippen molar-refractivity contribution in [2.75, 3.05) is 44.3 Å². The lowest BCUT2D eigenvalue weighted by atomic mass is 10.1. The first-order valence-electron chi connectivity index (χ1n) is 11.3. The maximum absolute atomic E-state index is 13.5. The molecule has 2 aromatic heterocycles. The van der Waals surface area contributed by atoms with Crippen LogP contribution in [0.3, 0.4) is 0 Å². The molecule has 0 spiro atoms. The summed E-state index contributed by atoms with van der Waals surface area (Å²) in [7, 11) is 0. The van der Waals surface area contributed by atoms with Crippen LogP contribution in [0.2, 0.25) is 0 Å². The summed E-state index contributed by atoms with van der Waals surface area (Å²) in [5.41, 5.74) is 2.08. The van der Waals surface area contributed by atoms with Gasteiger partial charge in [-0.25, -0.2) is 4.79 Å². The van der Waals surface area contributed by atoms with Gasteiger partial charge in [0.1, 0.15) is 11.3 Å². The van der Waals surface area contributed by atoms with E-state index in [1.807, 2.05) is 26.8 Å². The number of rotatable bonds is 2. The third-order valence-corrected chi connectivity index (χ3v) is 6.12. The Kier molecular flexibility index (Phi) is 5.19. The number of amides is 1. The van der Waals surface area contributed by atoms with Gasteiger partial charge in [0.25, 0.3) is 5.56 Å². The van der Waals surface area contributed by atoms with Crippen molar-refractivity contribution >= 4 is 23.1 Å². The van der Waals surface area contributed by atoms with Crippen LogP contribution in [0, 0.1) is 0 Å². The second-order valence-corrected chi connectivity index (χ2v) is 9.51. The number of aromatic nitrogens is 4. The summed E-state index contributed by atoms with van der Waals surface area (Å²) in [5, 5.41) is 4.59. The predicted octanol–water partition coefficient (Wildman–Crippen LogP) is 1.70. The molecule has 0 aliphatic carbocycles. The highest BCUT2D eigenvalue weighted by Crippen LogP contribution is 2.27. The number of carbonyl (C=O) groups excluding carboxylic acids is 1. The number of nitrogens with zero attached hydrogens (tertiary/aromatic N) is 6. The van der Waals surface area contributed by atoms with Crippen LogP contribution < -0.4 is 10.5 Å². The number of fused-ring (bicyclic) bond motifs is 3. The van der Waals surface area contributed by atoms with E-state index in [1.165, 1.54) is 4.52 Å². The van der Waals surface area contributed by atoms with Crippen LogP contribution >= 0.6 is 0 Å². The van der Waals surface area contributed by atoms with E-state index < -0.39 is 5.60 Å². The Balaban J connectivity index is 1.45. The smallest absolute Gasteiger partial charge is 0.410 e. The molecule has 1 fully saturated rings. The monoisotopic (exact) mass is 442 g/mol. The number of ether oxygens (including phenoxy) is 2. The van der Waals surface area contributed by atoms with Gasteiger partial charge >= 0.3 is 6.09 Å². The van der Waals surface area contributed by atoms with Crippen molar-refractivity contribution in [2.45, 2.75) is 52.2 Å². The van der Waals surface area contributed by atoms with Gasteiger partial charge in [0.15, 0.2) is 5.82 Å². The second-order valence-electron chi connectivity index (χ2n) is 9.51. The van der Waals surface area contributed by atoms with Crippen molar-refractivity contribution in [1.82, 2.24) is 24.1 Å². The van der Waals surface area contributed by atoms with Crippen molar-refractivity contribution in [3.8, 4) is 0 Å². The highest BCUT2D eigenvalue weighted by molar-refractivity contribution is 5.69. The maximum atomic E-state index is 13.5. The van der Waals surface area contributed by atoms with Crippen molar-refractivity contribution in [3.05, 3.63) is 27.9 Å². The minimum absolute atomic E-state index is 0.134. The van der Waals surface area contributed by atoms with E-state index in [-0.39, 0.29) is 11.7 Å². The van der Waals surface area contributed by atoms with Crippen LogP contribution in [0.1, 0.15) is 45.1 Å². The maximum Gasteiger partial charge on any atom is 0.410 e. The number of hydrogen-bond donors (Lipinski definition) is 0. The normalized spacial score (nSPS) is 19.3. The molecule has 5 heterocycles. The fourth-order valence-electron chi connectivity index (χ4n) is 4.60. The topological polar surface area (TPSA) is 94.2 Å². The number of piperazine rings is 1. The van der Waals surface area contributed by atoms with Gasteiger partial charge in [-0.1, -0.05) is 6.08 Å². The molecule has 1 saturated heterocycles. The minimum atomic E-state index is -0.524. The Morgan fingerprint density at radius 2 is 1.91 bits per heavy atom. The Labute approximate surface area is 186 Å². The van der Waals surface area contributed by atoms with Crippen molar-refractivity contribution in [1.29, 1.82) is 0 Å². The molecule has 10 heteroatoms. The van der Waals surface area contributed by atoms with Crippen LogP contribution in [0.15, 0.2) is 10.9 Å². The Morgan fingerprint density at radius 1 is 1.12 bits per heavy atom. The van der Waals surface area contributed by atoms with Crippen molar-refractivity contribution < 1.29 is 14.3 Å². The lowest BCUT2D eigenvalue weighted by Crippen LogP contribution is -2.51. The molecular formula is C22H30N6O4. The van der Waals surface area contributed by atoms with Crippen LogP contribution in [-0.2, 0) is 22.4 Å². The molecule has 0 saturated carbocycles. The predicted molar refractivity (Wildman–Crippen MR) is 119 cm³/mol. The quantitative estimate of drug-likeness (QED) is 0.699. The average molecular weight is 443 g/mol. The Hall–Kier alpha value is -2.88. The van der Waals surface area contributed by atoms with E-state index in [2.05, 4.69) is 14.6 Å². The highest BCUT2D eigenvalue weighted by Gasteiger charge is 2.31. The summed E-state index contributed by atoms with van der Waals surface area (Å²) in [6.07, 6.45) is 4.25. The standard InChI is InChI=1S/C22H30N6O4/c1-22(2,3)32-21(30)26-11-9-25(10-12-26)17-16-5-4-8-27(16)20-23-18(24-28(20)19(17)29)15-6-13-31-14-7-15/h6H,4-5,7-14H2,1-3H3. The van der Waals surface area contributed by atoms with Gasteiger partial charge in [-0.05, 0) is 45.6 Å². The van der Waals surface area contributed by atoms with Gasteiger partial charge in [-0.2, -0.15) is 9.50 Å². The lowest BCUT2D eigenvalue weighted by molar-refractivity contribution is 0.0240. The number of carbonyl (C=O) groups is 1. The van der Waals surface area contributed by atoms with Gasteiger partial charge in [0, 0.05) is 32.7 Å². The van der Waals surface area contributed by atoms with Gasteiger partial charge < -0.3 is 23.8 Å². The molecule has 0 atom stereocenters. The number of aryl methyl sites for hydroxylation is 1. The molecule has 5 rings (SSSR count). The number of hydrogen-bond acceptors (Lipinski definition) is 7. The zero-order valence-corrected chi connectivity index (χ0v) is 19.0. The summed E-state index contributed by atoms with van der Waals surface area (Å²) >= 11 is 0. The molecule has 1 amide bonds. The number of anilines is 1. The second kappa shape index (κ2) is 7.91. The van der Waals surface area contributed by atoms with Crippen LogP contribution in [0.25, 0.3) is 11.4 Å². The van der Waals surface area contributed by atoms with Crippen molar-refractivity contribution in [3.63, 3.8) is 0 Å². The van der Waals surface area contributed by atoms with Crippen LogP contribution in [-0.4, -0.2) is 75.2 Å². The van der Waals surface area contributed by atoms with E-state index >= 15 is 0 Å². The molecule has 0 bridgehead atoms. The largest absolute Gasteiger partial charge is 0.444 e. The highest BCUT2D eigenvalue weighted by atomic mass is 16.6. The zero-order chi connectivity index (χ0) is 22.5. The van der Waals surface area contributed by atoms with E-state index in [4.69, 9.17) is 14.5 Å². The SMILES string of the molecule is CC(C)(C)OC(=O)N1CCN(c2c3n(c4nc(C5=CCOCC5)nn4c2=O)CCC3)CC1. The molecule has 0 N–H and O–H groups in total.